The van der Waals surface area contributed by atoms with Crippen molar-refractivity contribution in [3.63, 3.8) is 0 Å². The Labute approximate surface area is 138 Å². The predicted octanol–water partition coefficient (Wildman–Crippen LogP) is 5.20. The van der Waals surface area contributed by atoms with Gasteiger partial charge in [0.15, 0.2) is 0 Å². The molecule has 1 aromatic rings. The third-order valence-electron chi connectivity index (χ3n) is 4.41. The molecule has 1 fully saturated rings. The maximum Gasteiger partial charge on any atom is 0.418 e. The average molecular weight is 379 g/mol. The molecule has 0 bridgehead atoms. The Morgan fingerprint density at radius 2 is 1.86 bits per heavy atom. The lowest BCUT2D eigenvalue weighted by Crippen LogP contribution is -2.36. The largest absolute Gasteiger partial charge is 0.418 e. The molecule has 0 aliphatic heterocycles. The van der Waals surface area contributed by atoms with Gasteiger partial charge in [0.25, 0.3) is 0 Å². The number of hydrogen-bond donors (Lipinski definition) is 1. The molecule has 0 atom stereocenters. The van der Waals surface area contributed by atoms with Crippen LogP contribution in [0.5, 0.6) is 0 Å². The first-order valence-electron chi connectivity index (χ1n) is 7.72. The van der Waals surface area contributed by atoms with Crippen LogP contribution in [0.3, 0.4) is 0 Å². The zero-order chi connectivity index (χ0) is 16.3. The number of benzene rings is 1. The smallest absolute Gasteiger partial charge is 0.398 e. The highest BCUT2D eigenvalue weighted by molar-refractivity contribution is 9.10. The van der Waals surface area contributed by atoms with Crippen molar-refractivity contribution in [3.05, 3.63) is 27.7 Å². The standard InChI is InChI=1S/C16H22BrF3N2/c1-2-22(13-6-4-3-5-7-13)10-11-8-12(17)9-14(15(11)21)16(18,19)20/h8-9,13H,2-7,10,21H2,1H3. The molecule has 0 radical (unpaired) electrons. The summed E-state index contributed by atoms with van der Waals surface area (Å²) in [5.74, 6) is 0. The number of rotatable bonds is 4. The van der Waals surface area contributed by atoms with Gasteiger partial charge in [-0.2, -0.15) is 13.2 Å². The molecule has 0 aromatic heterocycles. The topological polar surface area (TPSA) is 29.3 Å². The van der Waals surface area contributed by atoms with Crippen LogP contribution in [0.2, 0.25) is 0 Å². The summed E-state index contributed by atoms with van der Waals surface area (Å²) in [5.41, 5.74) is 5.45. The van der Waals surface area contributed by atoms with Crippen LogP contribution in [-0.4, -0.2) is 17.5 Å². The molecule has 1 aromatic carbocycles. The van der Waals surface area contributed by atoms with Gasteiger partial charge in [-0.1, -0.05) is 42.1 Å². The number of nitrogens with zero attached hydrogens (tertiary/aromatic N) is 1. The molecule has 1 saturated carbocycles. The van der Waals surface area contributed by atoms with E-state index in [1.165, 1.54) is 19.3 Å². The molecule has 0 spiro atoms. The zero-order valence-corrected chi connectivity index (χ0v) is 14.3. The normalized spacial score (nSPS) is 17.2. The highest BCUT2D eigenvalue weighted by atomic mass is 79.9. The number of nitrogens with two attached hydrogens (primary N) is 1. The van der Waals surface area contributed by atoms with Crippen molar-refractivity contribution in [2.24, 2.45) is 0 Å². The zero-order valence-electron chi connectivity index (χ0n) is 12.7. The van der Waals surface area contributed by atoms with Gasteiger partial charge in [-0.05, 0) is 37.1 Å². The van der Waals surface area contributed by atoms with E-state index in [0.29, 0.717) is 22.6 Å². The fraction of sp³-hybridized carbons (Fsp3) is 0.625. The minimum atomic E-state index is -4.43. The van der Waals surface area contributed by atoms with Crippen molar-refractivity contribution in [1.82, 2.24) is 4.90 Å². The number of anilines is 1. The Bertz CT molecular complexity index is 511. The fourth-order valence-electron chi connectivity index (χ4n) is 3.20. The summed E-state index contributed by atoms with van der Waals surface area (Å²) in [6, 6.07) is 3.21. The molecule has 22 heavy (non-hydrogen) atoms. The number of halogens is 4. The summed E-state index contributed by atoms with van der Waals surface area (Å²) in [5, 5.41) is 0. The number of hydrogen-bond acceptors (Lipinski definition) is 2. The van der Waals surface area contributed by atoms with Gasteiger partial charge >= 0.3 is 6.18 Å². The first kappa shape index (κ1) is 17.6. The molecule has 2 N–H and O–H groups in total. The summed E-state index contributed by atoms with van der Waals surface area (Å²) in [7, 11) is 0. The van der Waals surface area contributed by atoms with Crippen LogP contribution in [0.4, 0.5) is 18.9 Å². The van der Waals surface area contributed by atoms with Crippen LogP contribution in [-0.2, 0) is 12.7 Å². The second-order valence-electron chi connectivity index (χ2n) is 5.88. The van der Waals surface area contributed by atoms with E-state index < -0.39 is 11.7 Å². The van der Waals surface area contributed by atoms with Gasteiger partial charge in [-0.25, -0.2) is 0 Å². The molecule has 124 valence electrons. The van der Waals surface area contributed by atoms with Crippen molar-refractivity contribution in [1.29, 1.82) is 0 Å². The first-order valence-corrected chi connectivity index (χ1v) is 8.51. The summed E-state index contributed by atoms with van der Waals surface area (Å²) >= 11 is 3.17. The third kappa shape index (κ3) is 4.16. The van der Waals surface area contributed by atoms with Gasteiger partial charge in [-0.3, -0.25) is 4.90 Å². The highest BCUT2D eigenvalue weighted by Crippen LogP contribution is 2.38. The Morgan fingerprint density at radius 3 is 2.41 bits per heavy atom. The van der Waals surface area contributed by atoms with E-state index in [-0.39, 0.29) is 5.69 Å². The molecule has 2 rings (SSSR count). The second kappa shape index (κ2) is 7.21. The van der Waals surface area contributed by atoms with Gasteiger partial charge in [0, 0.05) is 22.7 Å². The SMILES string of the molecule is CCN(Cc1cc(Br)cc(C(F)(F)F)c1N)C1CCCCC1. The maximum absolute atomic E-state index is 13.1. The monoisotopic (exact) mass is 378 g/mol. The summed E-state index contributed by atoms with van der Waals surface area (Å²) in [6.07, 6.45) is 1.46. The van der Waals surface area contributed by atoms with E-state index in [0.717, 1.165) is 25.5 Å². The van der Waals surface area contributed by atoms with E-state index >= 15 is 0 Å². The lowest BCUT2D eigenvalue weighted by Gasteiger charge is -2.34. The third-order valence-corrected chi connectivity index (χ3v) is 4.86. The molecule has 6 heteroatoms. The van der Waals surface area contributed by atoms with Crippen LogP contribution in [0.15, 0.2) is 16.6 Å². The summed E-state index contributed by atoms with van der Waals surface area (Å²) in [6.45, 7) is 3.33. The number of nitrogen functional groups attached to an aromatic ring is 1. The van der Waals surface area contributed by atoms with Crippen molar-refractivity contribution in [3.8, 4) is 0 Å². The van der Waals surface area contributed by atoms with Gasteiger partial charge in [-0.15, -0.1) is 0 Å². The van der Waals surface area contributed by atoms with Crippen molar-refractivity contribution in [2.75, 3.05) is 12.3 Å². The molecule has 0 unspecified atom stereocenters. The van der Waals surface area contributed by atoms with Crippen molar-refractivity contribution < 1.29 is 13.2 Å². The molecule has 0 saturated heterocycles. The van der Waals surface area contributed by atoms with E-state index in [9.17, 15) is 13.2 Å². The Morgan fingerprint density at radius 1 is 1.23 bits per heavy atom. The molecule has 2 nitrogen and oxygen atoms in total. The van der Waals surface area contributed by atoms with Gasteiger partial charge in [0.1, 0.15) is 0 Å². The minimum absolute atomic E-state index is 0.148. The summed E-state index contributed by atoms with van der Waals surface area (Å²) in [4.78, 5) is 2.25. The molecule has 0 amide bonds. The summed E-state index contributed by atoms with van der Waals surface area (Å²) < 4.78 is 39.6. The quantitative estimate of drug-likeness (QED) is 0.729. The highest BCUT2D eigenvalue weighted by Gasteiger charge is 2.34. The van der Waals surface area contributed by atoms with Crippen molar-refractivity contribution in [2.45, 2.75) is 57.8 Å². The minimum Gasteiger partial charge on any atom is -0.398 e. The Kier molecular flexibility index (Phi) is 5.77. The van der Waals surface area contributed by atoms with E-state index in [1.54, 1.807) is 6.07 Å². The Balaban J connectivity index is 2.25. The predicted molar refractivity (Wildman–Crippen MR) is 86.5 cm³/mol. The van der Waals surface area contributed by atoms with Gasteiger partial charge in [0.2, 0.25) is 0 Å². The number of alkyl halides is 3. The van der Waals surface area contributed by atoms with E-state index in [1.807, 2.05) is 6.92 Å². The van der Waals surface area contributed by atoms with Crippen molar-refractivity contribution >= 4 is 21.6 Å². The van der Waals surface area contributed by atoms with Crippen LogP contribution in [0.1, 0.15) is 50.2 Å². The van der Waals surface area contributed by atoms with Gasteiger partial charge < -0.3 is 5.73 Å². The van der Waals surface area contributed by atoms with Crippen LogP contribution in [0.25, 0.3) is 0 Å². The van der Waals surface area contributed by atoms with E-state index in [4.69, 9.17) is 5.73 Å². The Hall–Kier alpha value is -0.750. The van der Waals surface area contributed by atoms with Crippen LogP contribution in [0, 0.1) is 0 Å². The first-order chi connectivity index (χ1) is 10.3. The molecular formula is C16H22BrF3N2. The van der Waals surface area contributed by atoms with Crippen LogP contribution >= 0.6 is 15.9 Å². The molecule has 1 aliphatic carbocycles. The van der Waals surface area contributed by atoms with Gasteiger partial charge in [0.05, 0.1) is 5.56 Å². The lowest BCUT2D eigenvalue weighted by atomic mass is 9.93. The molecular weight excluding hydrogens is 357 g/mol. The fourth-order valence-corrected chi connectivity index (χ4v) is 3.71. The maximum atomic E-state index is 13.1. The van der Waals surface area contributed by atoms with E-state index in [2.05, 4.69) is 20.8 Å². The molecule has 0 heterocycles. The second-order valence-corrected chi connectivity index (χ2v) is 6.79. The average Bonchev–Trinajstić information content (AvgIpc) is 2.47. The molecule has 1 aliphatic rings. The van der Waals surface area contributed by atoms with Crippen LogP contribution < -0.4 is 5.73 Å². The lowest BCUT2D eigenvalue weighted by molar-refractivity contribution is -0.137.